The van der Waals surface area contributed by atoms with Crippen LogP contribution in [0.2, 0.25) is 5.02 Å². The maximum Gasteiger partial charge on any atom is 0.240 e. The first kappa shape index (κ1) is 21.4. The molecular weight excluding hydrogens is 393 g/mol. The molecule has 0 aliphatic heterocycles. The highest BCUT2D eigenvalue weighted by atomic mass is 35.5. The fourth-order valence-corrected chi connectivity index (χ4v) is 4.43. The van der Waals surface area contributed by atoms with Crippen LogP contribution in [0.5, 0.6) is 0 Å². The summed E-state index contributed by atoms with van der Waals surface area (Å²) in [4.78, 5) is 17.2. The van der Waals surface area contributed by atoms with Crippen molar-refractivity contribution < 1.29 is 9.53 Å². The van der Waals surface area contributed by atoms with Crippen LogP contribution in [0.4, 0.5) is 0 Å². The standard InChI is InChI=1S/C18H24ClN3O2S.ClH/c1-4-24-14-10-18(20,17(14,2)3)16(23)21-8-7-15-22-12-9-11(19)5-6-13(12)25-15;/h5-6,9,14H,4,7-8,10,20H2,1-3H3,(H,21,23);1H. The number of nitrogens with zero attached hydrogens (tertiary/aromatic N) is 1. The number of hydrogen-bond acceptors (Lipinski definition) is 5. The lowest BCUT2D eigenvalue weighted by Gasteiger charge is -2.57. The van der Waals surface area contributed by atoms with E-state index >= 15 is 0 Å². The largest absolute Gasteiger partial charge is 0.378 e. The molecule has 0 bridgehead atoms. The molecule has 0 spiro atoms. The molecule has 1 aliphatic rings. The van der Waals surface area contributed by atoms with E-state index in [1.54, 1.807) is 11.3 Å². The van der Waals surface area contributed by atoms with Crippen molar-refractivity contribution in [3.63, 3.8) is 0 Å². The van der Waals surface area contributed by atoms with Gasteiger partial charge in [-0.2, -0.15) is 0 Å². The summed E-state index contributed by atoms with van der Waals surface area (Å²) in [6, 6.07) is 5.69. The lowest BCUT2D eigenvalue weighted by molar-refractivity contribution is -0.170. The van der Waals surface area contributed by atoms with Gasteiger partial charge in [-0.1, -0.05) is 25.4 Å². The van der Waals surface area contributed by atoms with Crippen LogP contribution >= 0.6 is 35.3 Å². The molecule has 1 aliphatic carbocycles. The summed E-state index contributed by atoms with van der Waals surface area (Å²) in [6.07, 6.45) is 1.26. The molecule has 1 heterocycles. The van der Waals surface area contributed by atoms with Crippen molar-refractivity contribution in [1.29, 1.82) is 0 Å². The lowest BCUT2D eigenvalue weighted by Crippen LogP contribution is -2.75. The lowest BCUT2D eigenvalue weighted by atomic mass is 9.54. The number of rotatable bonds is 6. The predicted molar refractivity (Wildman–Crippen MR) is 109 cm³/mol. The van der Waals surface area contributed by atoms with E-state index in [1.807, 2.05) is 39.0 Å². The number of carbonyl (C=O) groups is 1. The van der Waals surface area contributed by atoms with Gasteiger partial charge in [0.2, 0.25) is 5.91 Å². The van der Waals surface area contributed by atoms with Crippen LogP contribution in [-0.2, 0) is 16.0 Å². The Hall–Kier alpha value is -0.920. The molecule has 144 valence electrons. The van der Waals surface area contributed by atoms with Gasteiger partial charge in [0.1, 0.15) is 5.54 Å². The molecule has 26 heavy (non-hydrogen) atoms. The fraction of sp³-hybridized carbons (Fsp3) is 0.556. The topological polar surface area (TPSA) is 77.2 Å². The van der Waals surface area contributed by atoms with Crippen molar-refractivity contribution in [3.05, 3.63) is 28.2 Å². The van der Waals surface area contributed by atoms with Gasteiger partial charge in [0.25, 0.3) is 0 Å². The van der Waals surface area contributed by atoms with Crippen LogP contribution in [0.3, 0.4) is 0 Å². The number of halogens is 2. The molecule has 1 fully saturated rings. The van der Waals surface area contributed by atoms with Crippen LogP contribution in [0, 0.1) is 5.41 Å². The van der Waals surface area contributed by atoms with E-state index in [9.17, 15) is 4.79 Å². The Morgan fingerprint density at radius 3 is 2.88 bits per heavy atom. The molecule has 2 aromatic rings. The highest BCUT2D eigenvalue weighted by Gasteiger charge is 2.62. The Bertz CT molecular complexity index is 796. The zero-order valence-corrected chi connectivity index (χ0v) is 17.6. The van der Waals surface area contributed by atoms with Gasteiger partial charge in [0, 0.05) is 36.4 Å². The molecule has 2 atom stereocenters. The summed E-state index contributed by atoms with van der Waals surface area (Å²) in [5.74, 6) is -0.113. The number of thiazole rings is 1. The Balaban J connectivity index is 0.00000243. The minimum absolute atomic E-state index is 0. The number of nitrogens with two attached hydrogens (primary N) is 1. The number of fused-ring (bicyclic) bond motifs is 1. The van der Waals surface area contributed by atoms with Crippen molar-refractivity contribution in [2.24, 2.45) is 11.1 Å². The summed E-state index contributed by atoms with van der Waals surface area (Å²) in [7, 11) is 0. The number of carbonyl (C=O) groups excluding carboxylic acids is 1. The molecule has 1 saturated carbocycles. The van der Waals surface area contributed by atoms with Crippen LogP contribution in [0.15, 0.2) is 18.2 Å². The highest BCUT2D eigenvalue weighted by molar-refractivity contribution is 7.18. The molecule has 1 aromatic carbocycles. The van der Waals surface area contributed by atoms with Gasteiger partial charge >= 0.3 is 0 Å². The van der Waals surface area contributed by atoms with Gasteiger partial charge < -0.3 is 15.8 Å². The van der Waals surface area contributed by atoms with E-state index in [4.69, 9.17) is 22.1 Å². The van der Waals surface area contributed by atoms with E-state index in [-0.39, 0.29) is 29.8 Å². The Kier molecular flexibility index (Phi) is 6.57. The molecule has 3 rings (SSSR count). The quantitative estimate of drug-likeness (QED) is 0.752. The monoisotopic (exact) mass is 417 g/mol. The second kappa shape index (κ2) is 7.98. The summed E-state index contributed by atoms with van der Waals surface area (Å²) in [5.41, 5.74) is 6.02. The Morgan fingerprint density at radius 1 is 1.50 bits per heavy atom. The summed E-state index contributed by atoms with van der Waals surface area (Å²) >= 11 is 7.61. The molecule has 1 amide bonds. The maximum atomic E-state index is 12.6. The molecule has 0 radical (unpaired) electrons. The van der Waals surface area contributed by atoms with Crippen molar-refractivity contribution in [2.45, 2.75) is 45.3 Å². The molecule has 3 N–H and O–H groups in total. The van der Waals surface area contributed by atoms with Crippen LogP contribution in [0.25, 0.3) is 10.2 Å². The van der Waals surface area contributed by atoms with Gasteiger partial charge in [-0.3, -0.25) is 4.79 Å². The molecule has 5 nitrogen and oxygen atoms in total. The molecule has 0 saturated heterocycles. The first-order chi connectivity index (χ1) is 11.8. The van der Waals surface area contributed by atoms with Crippen LogP contribution in [0.1, 0.15) is 32.2 Å². The highest BCUT2D eigenvalue weighted by Crippen LogP contribution is 2.49. The van der Waals surface area contributed by atoms with E-state index in [0.717, 1.165) is 15.2 Å². The summed E-state index contributed by atoms with van der Waals surface area (Å²) in [6.45, 7) is 7.09. The minimum atomic E-state index is -0.881. The smallest absolute Gasteiger partial charge is 0.240 e. The molecular formula is C18H25Cl2N3O2S. The number of ether oxygens (including phenoxy) is 1. The third kappa shape index (κ3) is 3.71. The zero-order valence-electron chi connectivity index (χ0n) is 15.2. The van der Waals surface area contributed by atoms with Crippen molar-refractivity contribution in [2.75, 3.05) is 13.2 Å². The minimum Gasteiger partial charge on any atom is -0.378 e. The maximum absolute atomic E-state index is 12.6. The number of benzene rings is 1. The van der Waals surface area contributed by atoms with E-state index < -0.39 is 5.54 Å². The first-order valence-corrected chi connectivity index (χ1v) is 9.71. The molecule has 2 unspecified atom stereocenters. The van der Waals surface area contributed by atoms with Gasteiger partial charge in [-0.05, 0) is 25.1 Å². The number of aromatic nitrogens is 1. The molecule has 1 aromatic heterocycles. The third-order valence-electron chi connectivity index (χ3n) is 5.25. The van der Waals surface area contributed by atoms with Crippen LogP contribution in [-0.4, -0.2) is 35.7 Å². The van der Waals surface area contributed by atoms with Crippen molar-refractivity contribution in [1.82, 2.24) is 10.3 Å². The number of hydrogen-bond donors (Lipinski definition) is 2. The Morgan fingerprint density at radius 2 is 2.23 bits per heavy atom. The van der Waals surface area contributed by atoms with E-state index in [1.165, 1.54) is 0 Å². The summed E-state index contributed by atoms with van der Waals surface area (Å²) < 4.78 is 6.77. The van der Waals surface area contributed by atoms with Crippen molar-refractivity contribution in [3.8, 4) is 0 Å². The average molecular weight is 418 g/mol. The average Bonchev–Trinajstić information content (AvgIpc) is 2.96. The second-order valence-electron chi connectivity index (χ2n) is 7.07. The molecule has 8 heteroatoms. The van der Waals surface area contributed by atoms with Gasteiger partial charge in [0.15, 0.2) is 0 Å². The fourth-order valence-electron chi connectivity index (χ4n) is 3.32. The van der Waals surface area contributed by atoms with E-state index in [2.05, 4.69) is 10.3 Å². The van der Waals surface area contributed by atoms with Crippen molar-refractivity contribution >= 4 is 51.5 Å². The SMILES string of the molecule is CCOC1CC(N)(C(=O)NCCc2nc3cc(Cl)ccc3s2)C1(C)C.Cl. The third-order valence-corrected chi connectivity index (χ3v) is 6.58. The number of amides is 1. The van der Waals surface area contributed by atoms with E-state index in [0.29, 0.717) is 31.0 Å². The first-order valence-electron chi connectivity index (χ1n) is 8.51. The van der Waals surface area contributed by atoms with Gasteiger partial charge in [-0.25, -0.2) is 4.98 Å². The van der Waals surface area contributed by atoms with Gasteiger partial charge in [-0.15, -0.1) is 23.7 Å². The second-order valence-corrected chi connectivity index (χ2v) is 8.62. The van der Waals surface area contributed by atoms with Crippen LogP contribution < -0.4 is 11.1 Å². The Labute approximate surface area is 169 Å². The predicted octanol–water partition coefficient (Wildman–Crippen LogP) is 3.56. The normalized spacial score (nSPS) is 24.0. The zero-order chi connectivity index (χ0) is 18.2. The number of nitrogens with one attached hydrogen (secondary N) is 1. The summed E-state index contributed by atoms with van der Waals surface area (Å²) in [5, 5.41) is 4.62. The van der Waals surface area contributed by atoms with Gasteiger partial charge in [0.05, 0.1) is 21.3 Å².